The van der Waals surface area contributed by atoms with Gasteiger partial charge >= 0.3 is 0 Å². The molecule has 0 amide bonds. The first-order valence-corrected chi connectivity index (χ1v) is 8.00. The molecule has 1 saturated carbocycles. The van der Waals surface area contributed by atoms with E-state index < -0.39 is 0 Å². The maximum atomic E-state index is 4.63. The molecule has 1 N–H and O–H groups in total. The average Bonchev–Trinajstić information content (AvgIpc) is 3.08. The summed E-state index contributed by atoms with van der Waals surface area (Å²) in [5, 5.41) is 4.78. The van der Waals surface area contributed by atoms with Crippen LogP contribution in [0.25, 0.3) is 0 Å². The lowest BCUT2D eigenvalue weighted by Gasteiger charge is -2.37. The van der Waals surface area contributed by atoms with Gasteiger partial charge in [0.25, 0.3) is 0 Å². The number of hydrogen-bond donors (Lipinski definition) is 1. The molecule has 0 radical (unpaired) electrons. The monoisotopic (exact) mass is 265 g/mol. The van der Waals surface area contributed by atoms with Crippen LogP contribution in [0.15, 0.2) is 6.20 Å². The smallest absolute Gasteiger partial charge is 0.185 e. The summed E-state index contributed by atoms with van der Waals surface area (Å²) >= 11 is 1.87. The standard InChI is InChI=1S/C14H23N3S/c1-10-4-3-7-17(11(10)2)14-16-9-13(18-14)8-15-12-5-6-12/h9-12,15H,3-8H2,1-2H3. The van der Waals surface area contributed by atoms with Gasteiger partial charge in [0, 0.05) is 36.2 Å². The van der Waals surface area contributed by atoms with Crippen molar-refractivity contribution < 1.29 is 0 Å². The fourth-order valence-corrected chi connectivity index (χ4v) is 3.63. The predicted octanol–water partition coefficient (Wildman–Crippen LogP) is 3.02. The SMILES string of the molecule is CC1CCCN(c2ncc(CNC3CC3)s2)C1C. The Morgan fingerprint density at radius 1 is 1.39 bits per heavy atom. The molecule has 2 atom stereocenters. The van der Waals surface area contributed by atoms with E-state index in [-0.39, 0.29) is 0 Å². The van der Waals surface area contributed by atoms with Crippen LogP contribution in [0.2, 0.25) is 0 Å². The van der Waals surface area contributed by atoms with Crippen LogP contribution >= 0.6 is 11.3 Å². The van der Waals surface area contributed by atoms with E-state index in [1.54, 1.807) is 0 Å². The van der Waals surface area contributed by atoms with Gasteiger partial charge in [0.1, 0.15) is 0 Å². The molecule has 2 heterocycles. The van der Waals surface area contributed by atoms with E-state index >= 15 is 0 Å². The molecule has 0 aromatic carbocycles. The van der Waals surface area contributed by atoms with Gasteiger partial charge in [0.05, 0.1) is 0 Å². The molecule has 1 aromatic rings. The maximum absolute atomic E-state index is 4.63. The van der Waals surface area contributed by atoms with E-state index in [0.29, 0.717) is 6.04 Å². The van der Waals surface area contributed by atoms with E-state index in [9.17, 15) is 0 Å². The van der Waals surface area contributed by atoms with E-state index in [1.807, 2.05) is 11.3 Å². The first kappa shape index (κ1) is 12.4. The summed E-state index contributed by atoms with van der Waals surface area (Å²) in [6, 6.07) is 1.42. The van der Waals surface area contributed by atoms with Crippen LogP contribution in [-0.4, -0.2) is 23.6 Å². The van der Waals surface area contributed by atoms with Crippen LogP contribution in [0.4, 0.5) is 5.13 Å². The van der Waals surface area contributed by atoms with Crippen molar-refractivity contribution in [1.82, 2.24) is 10.3 Å². The molecule has 4 heteroatoms. The zero-order chi connectivity index (χ0) is 12.5. The largest absolute Gasteiger partial charge is 0.345 e. The van der Waals surface area contributed by atoms with E-state index in [1.165, 1.54) is 42.2 Å². The summed E-state index contributed by atoms with van der Waals surface area (Å²) in [4.78, 5) is 8.50. The Hall–Kier alpha value is -0.610. The van der Waals surface area contributed by atoms with Crippen molar-refractivity contribution in [3.8, 4) is 0 Å². The van der Waals surface area contributed by atoms with Crippen LogP contribution in [-0.2, 0) is 6.54 Å². The minimum Gasteiger partial charge on any atom is -0.345 e. The Balaban J connectivity index is 1.63. The summed E-state index contributed by atoms with van der Waals surface area (Å²) in [5.74, 6) is 0.788. The van der Waals surface area contributed by atoms with Gasteiger partial charge in [-0.25, -0.2) is 4.98 Å². The van der Waals surface area contributed by atoms with Crippen molar-refractivity contribution in [3.63, 3.8) is 0 Å². The van der Waals surface area contributed by atoms with Crippen molar-refractivity contribution in [2.24, 2.45) is 5.92 Å². The number of rotatable bonds is 4. The van der Waals surface area contributed by atoms with Gasteiger partial charge in [-0.05, 0) is 38.5 Å². The molecule has 1 saturated heterocycles. The quantitative estimate of drug-likeness (QED) is 0.907. The molecule has 3 rings (SSSR count). The van der Waals surface area contributed by atoms with E-state index in [2.05, 4.69) is 35.2 Å². The fraction of sp³-hybridized carbons (Fsp3) is 0.786. The van der Waals surface area contributed by atoms with Crippen LogP contribution in [0.3, 0.4) is 0 Å². The van der Waals surface area contributed by atoms with E-state index in [0.717, 1.165) is 18.5 Å². The van der Waals surface area contributed by atoms with Gasteiger partial charge in [0.15, 0.2) is 5.13 Å². The topological polar surface area (TPSA) is 28.2 Å². The zero-order valence-electron chi connectivity index (χ0n) is 11.4. The van der Waals surface area contributed by atoms with Gasteiger partial charge in [-0.3, -0.25) is 0 Å². The highest BCUT2D eigenvalue weighted by atomic mass is 32.1. The third-order valence-electron chi connectivity index (χ3n) is 4.30. The van der Waals surface area contributed by atoms with Crippen LogP contribution in [0.1, 0.15) is 44.4 Å². The molecule has 2 aliphatic rings. The number of nitrogens with zero attached hydrogens (tertiary/aromatic N) is 2. The Morgan fingerprint density at radius 2 is 2.22 bits per heavy atom. The number of thiazole rings is 1. The minimum absolute atomic E-state index is 0.633. The molecular formula is C14H23N3S. The molecular weight excluding hydrogens is 242 g/mol. The molecule has 0 bridgehead atoms. The number of hydrogen-bond acceptors (Lipinski definition) is 4. The summed E-state index contributed by atoms with van der Waals surface area (Å²) in [6.07, 6.45) is 7.43. The molecule has 1 aliphatic heterocycles. The van der Waals surface area contributed by atoms with Gasteiger partial charge in [-0.15, -0.1) is 11.3 Å². The van der Waals surface area contributed by atoms with E-state index in [4.69, 9.17) is 0 Å². The highest BCUT2D eigenvalue weighted by Crippen LogP contribution is 2.31. The van der Waals surface area contributed by atoms with Crippen molar-refractivity contribution in [1.29, 1.82) is 0 Å². The number of aromatic nitrogens is 1. The predicted molar refractivity (Wildman–Crippen MR) is 77.2 cm³/mol. The molecule has 1 aromatic heterocycles. The first-order chi connectivity index (χ1) is 8.74. The second kappa shape index (κ2) is 5.17. The normalized spacial score (nSPS) is 28.7. The van der Waals surface area contributed by atoms with Crippen LogP contribution in [0.5, 0.6) is 0 Å². The highest BCUT2D eigenvalue weighted by Gasteiger charge is 2.27. The molecule has 0 spiro atoms. The third kappa shape index (κ3) is 2.69. The lowest BCUT2D eigenvalue weighted by Crippen LogP contribution is -2.42. The average molecular weight is 265 g/mol. The molecule has 3 nitrogen and oxygen atoms in total. The van der Waals surface area contributed by atoms with Crippen molar-refractivity contribution in [2.45, 2.75) is 58.2 Å². The van der Waals surface area contributed by atoms with Crippen molar-refractivity contribution in [2.75, 3.05) is 11.4 Å². The Kier molecular flexibility index (Phi) is 3.57. The summed E-state index contributed by atoms with van der Waals surface area (Å²) in [6.45, 7) is 6.88. The summed E-state index contributed by atoms with van der Waals surface area (Å²) in [5.41, 5.74) is 0. The fourth-order valence-electron chi connectivity index (χ4n) is 2.65. The van der Waals surface area contributed by atoms with Gasteiger partial charge in [-0.2, -0.15) is 0 Å². The molecule has 2 unspecified atom stereocenters. The van der Waals surface area contributed by atoms with Crippen LogP contribution in [0, 0.1) is 5.92 Å². The minimum atomic E-state index is 0.633. The molecule has 18 heavy (non-hydrogen) atoms. The van der Waals surface area contributed by atoms with Gasteiger partial charge < -0.3 is 10.2 Å². The first-order valence-electron chi connectivity index (χ1n) is 7.19. The van der Waals surface area contributed by atoms with Gasteiger partial charge in [-0.1, -0.05) is 6.92 Å². The third-order valence-corrected chi connectivity index (χ3v) is 5.34. The second-order valence-corrected chi connectivity index (χ2v) is 6.91. The Bertz CT molecular complexity index is 399. The molecule has 100 valence electrons. The lowest BCUT2D eigenvalue weighted by molar-refractivity contribution is 0.363. The highest BCUT2D eigenvalue weighted by molar-refractivity contribution is 7.15. The summed E-state index contributed by atoms with van der Waals surface area (Å²) in [7, 11) is 0. The summed E-state index contributed by atoms with van der Waals surface area (Å²) < 4.78 is 0. The lowest BCUT2D eigenvalue weighted by atomic mass is 9.93. The van der Waals surface area contributed by atoms with Gasteiger partial charge in [0.2, 0.25) is 0 Å². The van der Waals surface area contributed by atoms with Crippen molar-refractivity contribution >= 4 is 16.5 Å². The Labute approximate surface area is 114 Å². The number of anilines is 1. The zero-order valence-corrected chi connectivity index (χ0v) is 12.2. The second-order valence-electron chi connectivity index (χ2n) is 5.82. The number of piperidine rings is 1. The molecule has 2 fully saturated rings. The number of nitrogens with one attached hydrogen (secondary N) is 1. The maximum Gasteiger partial charge on any atom is 0.185 e. The van der Waals surface area contributed by atoms with Crippen LogP contribution < -0.4 is 10.2 Å². The van der Waals surface area contributed by atoms with Crippen molar-refractivity contribution in [3.05, 3.63) is 11.1 Å². The Morgan fingerprint density at radius 3 is 3.00 bits per heavy atom. The molecule has 1 aliphatic carbocycles.